The largest absolute Gasteiger partial charge is 0.462 e. The van der Waals surface area contributed by atoms with E-state index in [1.54, 1.807) is 24.3 Å². The molecule has 0 atom stereocenters. The predicted octanol–water partition coefficient (Wildman–Crippen LogP) is 8.81. The van der Waals surface area contributed by atoms with Crippen LogP contribution in [0.1, 0.15) is 70.7 Å². The molecule has 4 rings (SSSR count). The van der Waals surface area contributed by atoms with E-state index >= 15 is 0 Å². The van der Waals surface area contributed by atoms with E-state index in [0.717, 1.165) is 27.6 Å². The van der Waals surface area contributed by atoms with Crippen molar-refractivity contribution in [2.75, 3.05) is 13.2 Å². The van der Waals surface area contributed by atoms with Crippen LogP contribution >= 0.6 is 0 Å². The van der Waals surface area contributed by atoms with Crippen LogP contribution in [-0.2, 0) is 9.47 Å². The number of carbonyl (C=O) groups excluding carboxylic acids is 2. The van der Waals surface area contributed by atoms with Gasteiger partial charge in [-0.15, -0.1) is 0 Å². The number of hydrogen-bond acceptors (Lipinski definition) is 4. The van der Waals surface area contributed by atoms with Crippen LogP contribution in [0.25, 0.3) is 35.1 Å². The fourth-order valence-electron chi connectivity index (χ4n) is 3.99. The maximum absolute atomic E-state index is 12.1. The number of ether oxygens (including phenoxy) is 2. The van der Waals surface area contributed by atoms with E-state index in [9.17, 15) is 9.59 Å². The van der Waals surface area contributed by atoms with Gasteiger partial charge in [0, 0.05) is 0 Å². The first-order valence-electron chi connectivity index (χ1n) is 13.7. The Morgan fingerprint density at radius 2 is 0.875 bits per heavy atom. The highest BCUT2D eigenvalue weighted by Crippen LogP contribution is 2.21. The number of carbonyl (C=O) groups is 2. The van der Waals surface area contributed by atoms with Crippen LogP contribution < -0.4 is 0 Å². The van der Waals surface area contributed by atoms with Gasteiger partial charge in [-0.3, -0.25) is 0 Å². The maximum atomic E-state index is 12.1. The minimum absolute atomic E-state index is 0.289. The Morgan fingerprint density at radius 1 is 0.525 bits per heavy atom. The van der Waals surface area contributed by atoms with Gasteiger partial charge in [0.05, 0.1) is 24.3 Å². The molecule has 4 aromatic rings. The van der Waals surface area contributed by atoms with Gasteiger partial charge in [-0.2, -0.15) is 0 Å². The average molecular weight is 533 g/mol. The molecule has 0 fully saturated rings. The van der Waals surface area contributed by atoms with Gasteiger partial charge in [0.15, 0.2) is 0 Å². The molecule has 4 nitrogen and oxygen atoms in total. The molecule has 0 saturated carbocycles. The zero-order chi connectivity index (χ0) is 28.5. The topological polar surface area (TPSA) is 52.6 Å². The van der Waals surface area contributed by atoms with Crippen LogP contribution in [-0.4, -0.2) is 25.2 Å². The minimum Gasteiger partial charge on any atom is -0.462 e. The third-order valence-corrected chi connectivity index (χ3v) is 6.21. The Kier molecular flexibility index (Phi) is 9.69. The summed E-state index contributed by atoms with van der Waals surface area (Å²) in [7, 11) is 0. The third-order valence-electron chi connectivity index (χ3n) is 6.21. The van der Waals surface area contributed by atoms with Gasteiger partial charge in [0.2, 0.25) is 0 Å². The fourth-order valence-corrected chi connectivity index (χ4v) is 3.99. The van der Waals surface area contributed by atoms with E-state index < -0.39 is 0 Å². The van der Waals surface area contributed by atoms with Crippen LogP contribution in [0.15, 0.2) is 84.9 Å². The van der Waals surface area contributed by atoms with Crippen molar-refractivity contribution in [3.05, 3.63) is 118 Å². The molecule has 0 aliphatic rings. The summed E-state index contributed by atoms with van der Waals surface area (Å²) in [5.41, 5.74) is 5.32. The van der Waals surface area contributed by atoms with E-state index in [1.807, 2.05) is 64.1 Å². The van der Waals surface area contributed by atoms with Crippen molar-refractivity contribution in [1.29, 1.82) is 0 Å². The third kappa shape index (κ3) is 8.28. The molecule has 4 heteroatoms. The van der Waals surface area contributed by atoms with Gasteiger partial charge >= 0.3 is 11.9 Å². The lowest BCUT2D eigenvalue weighted by atomic mass is 10.0. The number of benzene rings is 4. The van der Waals surface area contributed by atoms with E-state index in [4.69, 9.17) is 9.47 Å². The van der Waals surface area contributed by atoms with Crippen molar-refractivity contribution in [3.8, 4) is 0 Å². The summed E-state index contributed by atoms with van der Waals surface area (Å²) < 4.78 is 10.6. The van der Waals surface area contributed by atoms with Crippen molar-refractivity contribution in [1.82, 2.24) is 0 Å². The van der Waals surface area contributed by atoms with E-state index in [0.29, 0.717) is 36.2 Å². The van der Waals surface area contributed by atoms with Crippen LogP contribution in [0, 0.1) is 11.8 Å². The first kappa shape index (κ1) is 28.6. The van der Waals surface area contributed by atoms with Gasteiger partial charge in [-0.1, -0.05) is 101 Å². The molecule has 0 aliphatic carbocycles. The second-order valence-electron chi connectivity index (χ2n) is 10.8. The quantitative estimate of drug-likeness (QED) is 0.151. The Hall–Kier alpha value is -4.44. The van der Waals surface area contributed by atoms with Crippen LogP contribution in [0.3, 0.4) is 0 Å². The molecule has 0 bridgehead atoms. The highest BCUT2D eigenvalue weighted by atomic mass is 16.5. The maximum Gasteiger partial charge on any atom is 0.338 e. The molecule has 0 amide bonds. The molecule has 0 spiro atoms. The summed E-state index contributed by atoms with van der Waals surface area (Å²) in [6, 6.07) is 27.7. The Balaban J connectivity index is 1.41. The van der Waals surface area contributed by atoms with Crippen molar-refractivity contribution in [3.63, 3.8) is 0 Å². The number of hydrogen-bond donors (Lipinski definition) is 0. The predicted molar refractivity (Wildman–Crippen MR) is 165 cm³/mol. The fraction of sp³-hybridized carbons (Fsp3) is 0.222. The Bertz CT molecular complexity index is 1390. The molecule has 204 valence electrons. The van der Waals surface area contributed by atoms with Crippen molar-refractivity contribution < 1.29 is 19.1 Å². The standard InChI is InChI=1S/C36H36O4/c1-25(2)23-39-35(37)32-17-9-27(10-18-32)5-7-29-13-15-31-16-14-30(22-34(31)21-29)8-6-28-11-19-33(20-12-28)36(38)40-24-26(3)4/h5-22,25-26H,23-24H2,1-4H3/b7-5+,8-6+. The van der Waals surface area contributed by atoms with Gasteiger partial charge in [0.1, 0.15) is 0 Å². The molecule has 0 radical (unpaired) electrons. The first-order chi connectivity index (χ1) is 19.3. The summed E-state index contributed by atoms with van der Waals surface area (Å²) in [6.45, 7) is 8.90. The van der Waals surface area contributed by atoms with Crippen molar-refractivity contribution in [2.24, 2.45) is 11.8 Å². The number of esters is 2. The molecule has 0 heterocycles. The number of fused-ring (bicyclic) bond motifs is 1. The van der Waals surface area contributed by atoms with Crippen LogP contribution in [0.2, 0.25) is 0 Å². The van der Waals surface area contributed by atoms with Crippen LogP contribution in [0.4, 0.5) is 0 Å². The highest BCUT2D eigenvalue weighted by Gasteiger charge is 2.08. The first-order valence-corrected chi connectivity index (χ1v) is 13.7. The zero-order valence-corrected chi connectivity index (χ0v) is 23.6. The second kappa shape index (κ2) is 13.6. The Morgan fingerprint density at radius 3 is 1.25 bits per heavy atom. The summed E-state index contributed by atoms with van der Waals surface area (Å²) in [5.74, 6) is 0.0429. The van der Waals surface area contributed by atoms with E-state index in [1.165, 1.54) is 5.39 Å². The molecule has 0 aliphatic heterocycles. The van der Waals surface area contributed by atoms with E-state index in [2.05, 4.69) is 48.6 Å². The monoisotopic (exact) mass is 532 g/mol. The van der Waals surface area contributed by atoms with Gasteiger partial charge in [-0.25, -0.2) is 9.59 Å². The molecular formula is C36H36O4. The van der Waals surface area contributed by atoms with Gasteiger partial charge < -0.3 is 9.47 Å². The summed E-state index contributed by atoms with van der Waals surface area (Å²) >= 11 is 0. The lowest BCUT2D eigenvalue weighted by molar-refractivity contribution is 0.0450. The normalized spacial score (nSPS) is 11.7. The van der Waals surface area contributed by atoms with Crippen LogP contribution in [0.5, 0.6) is 0 Å². The lowest BCUT2D eigenvalue weighted by Crippen LogP contribution is -2.09. The highest BCUT2D eigenvalue weighted by molar-refractivity contribution is 5.91. The number of rotatable bonds is 10. The average Bonchev–Trinajstić information content (AvgIpc) is 2.96. The molecule has 0 saturated heterocycles. The van der Waals surface area contributed by atoms with Crippen molar-refractivity contribution >= 4 is 47.0 Å². The molecular weight excluding hydrogens is 496 g/mol. The molecule has 40 heavy (non-hydrogen) atoms. The molecule has 0 aromatic heterocycles. The van der Waals surface area contributed by atoms with Gasteiger partial charge in [0.25, 0.3) is 0 Å². The Labute approximate surface area is 237 Å². The second-order valence-corrected chi connectivity index (χ2v) is 10.8. The molecule has 0 unspecified atom stereocenters. The minimum atomic E-state index is -0.289. The summed E-state index contributed by atoms with van der Waals surface area (Å²) in [5, 5.41) is 2.32. The SMILES string of the molecule is CC(C)COC(=O)c1ccc(/C=C/c2ccc3ccc(/C=C/c4ccc(C(=O)OCC(C)C)cc4)cc3c2)cc1. The molecule has 4 aromatic carbocycles. The van der Waals surface area contributed by atoms with Gasteiger partial charge in [-0.05, 0) is 81.3 Å². The molecule has 0 N–H and O–H groups in total. The lowest BCUT2D eigenvalue weighted by Gasteiger charge is -2.07. The smallest absolute Gasteiger partial charge is 0.338 e. The van der Waals surface area contributed by atoms with Crippen molar-refractivity contribution in [2.45, 2.75) is 27.7 Å². The summed E-state index contributed by atoms with van der Waals surface area (Å²) in [6.07, 6.45) is 8.22. The van der Waals surface area contributed by atoms with E-state index in [-0.39, 0.29) is 11.9 Å². The summed E-state index contributed by atoms with van der Waals surface area (Å²) in [4.78, 5) is 24.3. The zero-order valence-electron chi connectivity index (χ0n) is 23.6.